The molecule has 0 aliphatic carbocycles. The quantitative estimate of drug-likeness (QED) is 0.166. The molecule has 2 nitrogen and oxygen atoms in total. The Balaban J connectivity index is 1.77. The molecule has 0 amide bonds. The van der Waals surface area contributed by atoms with Gasteiger partial charge in [0.2, 0.25) is 0 Å². The molecule has 0 fully saturated rings. The van der Waals surface area contributed by atoms with E-state index in [1.54, 1.807) is 0 Å². The fraction of sp³-hybridized carbons (Fsp3) is 0.926. The van der Waals surface area contributed by atoms with E-state index >= 15 is 0 Å². The Morgan fingerprint density at radius 1 is 0.414 bits per heavy atom. The largest absolute Gasteiger partial charge is 0.359 e. The van der Waals surface area contributed by atoms with Crippen LogP contribution < -0.4 is 0 Å². The molecular weight excluding hydrogens is 352 g/mol. The lowest BCUT2D eigenvalue weighted by atomic mass is 10.0. The van der Waals surface area contributed by atoms with E-state index in [0.29, 0.717) is 0 Å². The molecule has 29 heavy (non-hydrogen) atoms. The van der Waals surface area contributed by atoms with Gasteiger partial charge in [0.05, 0.1) is 6.67 Å². The van der Waals surface area contributed by atoms with Crippen molar-refractivity contribution in [3.63, 3.8) is 0 Å². The second-order valence-electron chi connectivity index (χ2n) is 9.43. The first-order valence-electron chi connectivity index (χ1n) is 13.5. The van der Waals surface area contributed by atoms with Crippen LogP contribution in [0.2, 0.25) is 0 Å². The summed E-state index contributed by atoms with van der Waals surface area (Å²) in [5.41, 5.74) is 0. The summed E-state index contributed by atoms with van der Waals surface area (Å²) in [6.45, 7) is 8.23. The van der Waals surface area contributed by atoms with E-state index in [-0.39, 0.29) is 0 Å². The average molecular weight is 407 g/mol. The molecule has 172 valence electrons. The second kappa shape index (κ2) is 20.6. The topological polar surface area (TPSA) is 6.48 Å². The first-order chi connectivity index (χ1) is 14.4. The molecule has 1 aliphatic heterocycles. The predicted octanol–water partition coefficient (Wildman–Crippen LogP) is 8.87. The molecule has 0 atom stereocenters. The highest BCUT2D eigenvalue weighted by Crippen LogP contribution is 2.14. The van der Waals surface area contributed by atoms with Gasteiger partial charge in [-0.05, 0) is 12.8 Å². The summed E-state index contributed by atoms with van der Waals surface area (Å²) in [5.74, 6) is 0. The lowest BCUT2D eigenvalue weighted by Gasteiger charge is -2.21. The summed E-state index contributed by atoms with van der Waals surface area (Å²) in [4.78, 5) is 5.02. The van der Waals surface area contributed by atoms with Crippen molar-refractivity contribution in [1.29, 1.82) is 0 Å². The van der Waals surface area contributed by atoms with E-state index in [0.717, 1.165) is 6.67 Å². The van der Waals surface area contributed by atoms with Crippen LogP contribution in [-0.4, -0.2) is 29.6 Å². The number of hydrogen-bond donors (Lipinski definition) is 0. The van der Waals surface area contributed by atoms with Gasteiger partial charge in [0.1, 0.15) is 0 Å². The normalized spacial score (nSPS) is 13.7. The summed E-state index contributed by atoms with van der Waals surface area (Å²) >= 11 is 0. The van der Waals surface area contributed by atoms with Crippen LogP contribution in [0.5, 0.6) is 0 Å². The van der Waals surface area contributed by atoms with E-state index in [1.165, 1.54) is 142 Å². The molecule has 2 heteroatoms. The minimum Gasteiger partial charge on any atom is -0.359 e. The van der Waals surface area contributed by atoms with Gasteiger partial charge in [0.25, 0.3) is 0 Å². The van der Waals surface area contributed by atoms with E-state index in [4.69, 9.17) is 0 Å². The van der Waals surface area contributed by atoms with Crippen molar-refractivity contribution in [3.05, 3.63) is 12.4 Å². The fourth-order valence-electron chi connectivity index (χ4n) is 4.41. The highest BCUT2D eigenvalue weighted by atomic mass is 15.3. The van der Waals surface area contributed by atoms with Crippen molar-refractivity contribution in [2.45, 2.75) is 142 Å². The van der Waals surface area contributed by atoms with Gasteiger partial charge in [0, 0.05) is 25.5 Å². The molecule has 0 spiro atoms. The first-order valence-corrected chi connectivity index (χ1v) is 13.5. The first kappa shape index (κ1) is 26.4. The number of hydrogen-bond acceptors (Lipinski definition) is 2. The van der Waals surface area contributed by atoms with Crippen molar-refractivity contribution in [1.82, 2.24) is 9.80 Å². The molecule has 1 aliphatic rings. The molecule has 0 aromatic rings. The summed E-state index contributed by atoms with van der Waals surface area (Å²) in [6.07, 6.45) is 33.3. The van der Waals surface area contributed by atoms with E-state index in [9.17, 15) is 0 Å². The Kier molecular flexibility index (Phi) is 18.7. The zero-order valence-corrected chi connectivity index (χ0v) is 20.3. The maximum Gasteiger partial charge on any atom is 0.0893 e. The Morgan fingerprint density at radius 2 is 0.690 bits per heavy atom. The molecule has 0 aromatic carbocycles. The van der Waals surface area contributed by atoms with Crippen LogP contribution in [0.1, 0.15) is 142 Å². The lowest BCUT2D eigenvalue weighted by molar-refractivity contribution is 0.257. The number of nitrogens with zero attached hydrogens (tertiary/aromatic N) is 2. The summed E-state index contributed by atoms with van der Waals surface area (Å²) < 4.78 is 0. The summed E-state index contributed by atoms with van der Waals surface area (Å²) in [7, 11) is 0. The fourth-order valence-corrected chi connectivity index (χ4v) is 4.41. The monoisotopic (exact) mass is 406 g/mol. The molecule has 0 aromatic heterocycles. The van der Waals surface area contributed by atoms with Crippen molar-refractivity contribution in [2.24, 2.45) is 0 Å². The van der Waals surface area contributed by atoms with Crippen LogP contribution in [-0.2, 0) is 0 Å². The Bertz CT molecular complexity index is 352. The predicted molar refractivity (Wildman–Crippen MR) is 131 cm³/mol. The summed E-state index contributed by atoms with van der Waals surface area (Å²) in [6, 6.07) is 0. The Labute approximate surface area is 184 Å². The second-order valence-corrected chi connectivity index (χ2v) is 9.43. The van der Waals surface area contributed by atoms with Gasteiger partial charge < -0.3 is 9.80 Å². The van der Waals surface area contributed by atoms with Gasteiger partial charge in [-0.25, -0.2) is 0 Å². The molecule has 0 radical (unpaired) electrons. The van der Waals surface area contributed by atoms with Gasteiger partial charge in [0.15, 0.2) is 0 Å². The molecular formula is C27H54N2. The van der Waals surface area contributed by atoms with Gasteiger partial charge in [-0.2, -0.15) is 0 Å². The van der Waals surface area contributed by atoms with E-state index in [1.807, 2.05) is 0 Å². The van der Waals surface area contributed by atoms with Gasteiger partial charge >= 0.3 is 0 Å². The van der Waals surface area contributed by atoms with Gasteiger partial charge in [-0.15, -0.1) is 0 Å². The molecule has 0 saturated heterocycles. The van der Waals surface area contributed by atoms with Crippen molar-refractivity contribution in [2.75, 3.05) is 19.8 Å². The average Bonchev–Trinajstić information content (AvgIpc) is 3.18. The van der Waals surface area contributed by atoms with Crippen LogP contribution in [0.4, 0.5) is 0 Å². The van der Waals surface area contributed by atoms with E-state index < -0.39 is 0 Å². The molecule has 0 N–H and O–H groups in total. The molecule has 0 bridgehead atoms. The zero-order chi connectivity index (χ0) is 20.8. The van der Waals surface area contributed by atoms with Crippen molar-refractivity contribution >= 4 is 0 Å². The lowest BCUT2D eigenvalue weighted by Crippen LogP contribution is -2.26. The maximum absolute atomic E-state index is 2.51. The minimum atomic E-state index is 1.13. The van der Waals surface area contributed by atoms with Crippen LogP contribution in [0.15, 0.2) is 12.4 Å². The molecule has 1 heterocycles. The number of rotatable bonds is 22. The third-order valence-electron chi connectivity index (χ3n) is 6.45. The smallest absolute Gasteiger partial charge is 0.0893 e. The summed E-state index contributed by atoms with van der Waals surface area (Å²) in [5, 5.41) is 0. The standard InChI is InChI=1S/C27H54N2/c1-3-5-7-9-11-12-13-14-15-16-17-18-20-22-24-29-26-25-28(27-29)23-21-19-10-8-6-4-2/h25-26H,3-24,27H2,1-2H3. The number of unbranched alkanes of at least 4 members (excludes halogenated alkanes) is 18. The highest BCUT2D eigenvalue weighted by molar-refractivity contribution is 4.90. The van der Waals surface area contributed by atoms with Crippen LogP contribution in [0.25, 0.3) is 0 Å². The van der Waals surface area contributed by atoms with Crippen LogP contribution >= 0.6 is 0 Å². The molecule has 0 saturated carbocycles. The third kappa shape index (κ3) is 16.8. The minimum absolute atomic E-state index is 1.13. The highest BCUT2D eigenvalue weighted by Gasteiger charge is 2.10. The van der Waals surface area contributed by atoms with Gasteiger partial charge in [-0.3, -0.25) is 0 Å². The Hall–Kier alpha value is -0.660. The van der Waals surface area contributed by atoms with Crippen molar-refractivity contribution in [3.8, 4) is 0 Å². The van der Waals surface area contributed by atoms with Gasteiger partial charge in [-0.1, -0.05) is 129 Å². The molecule has 1 rings (SSSR count). The zero-order valence-electron chi connectivity index (χ0n) is 20.3. The third-order valence-corrected chi connectivity index (χ3v) is 6.45. The van der Waals surface area contributed by atoms with Crippen molar-refractivity contribution < 1.29 is 0 Å². The maximum atomic E-state index is 2.51. The SMILES string of the molecule is CCCCCCCCCCCCCCCCN1C=CN(CCCCCCCC)C1. The van der Waals surface area contributed by atoms with Crippen LogP contribution in [0.3, 0.4) is 0 Å². The van der Waals surface area contributed by atoms with E-state index in [2.05, 4.69) is 36.0 Å². The van der Waals surface area contributed by atoms with Crippen LogP contribution in [0, 0.1) is 0 Å². The Morgan fingerprint density at radius 3 is 1.00 bits per heavy atom. The molecule has 0 unspecified atom stereocenters.